The van der Waals surface area contributed by atoms with E-state index in [-0.39, 0.29) is 18.4 Å². The lowest BCUT2D eigenvalue weighted by Gasteiger charge is -2.28. The van der Waals surface area contributed by atoms with Crippen molar-refractivity contribution in [2.45, 2.75) is 12.1 Å². The molecule has 2 fully saturated rings. The fraction of sp³-hybridized carbons (Fsp3) is 0.316. The first-order valence-electron chi connectivity index (χ1n) is 8.47. The summed E-state index contributed by atoms with van der Waals surface area (Å²) in [5, 5.41) is 1.67. The van der Waals surface area contributed by atoms with Gasteiger partial charge in [-0.3, -0.25) is 24.3 Å². The molecule has 26 heavy (non-hydrogen) atoms. The molecular weight excluding hydrogens is 334 g/mol. The number of aromatic nitrogens is 1. The van der Waals surface area contributed by atoms with Crippen LogP contribution in [0.2, 0.25) is 0 Å². The third-order valence-corrected chi connectivity index (χ3v) is 4.78. The highest BCUT2D eigenvalue weighted by Crippen LogP contribution is 2.46. The number of amides is 2. The Morgan fingerprint density at radius 3 is 2.50 bits per heavy atom. The third kappa shape index (κ3) is 2.65. The quantitative estimate of drug-likeness (QED) is 0.760. The van der Waals surface area contributed by atoms with Crippen LogP contribution >= 0.6 is 0 Å². The van der Waals surface area contributed by atoms with E-state index >= 15 is 0 Å². The van der Waals surface area contributed by atoms with Gasteiger partial charge in [-0.15, -0.1) is 0 Å². The number of ether oxygens (including phenoxy) is 1. The number of hydroxylamine groups is 1. The van der Waals surface area contributed by atoms with Crippen LogP contribution < -0.4 is 5.06 Å². The summed E-state index contributed by atoms with van der Waals surface area (Å²) in [4.78, 5) is 37.0. The van der Waals surface area contributed by atoms with E-state index in [1.54, 1.807) is 24.6 Å². The molecule has 2 saturated heterocycles. The van der Waals surface area contributed by atoms with E-state index in [1.165, 1.54) is 4.90 Å². The predicted octanol–water partition coefficient (Wildman–Crippen LogP) is 1.57. The van der Waals surface area contributed by atoms with Crippen LogP contribution in [-0.2, 0) is 19.2 Å². The summed E-state index contributed by atoms with van der Waals surface area (Å²) in [6, 6.07) is 12.8. The average molecular weight is 353 g/mol. The molecule has 4 rings (SSSR count). The number of para-hydroxylation sites is 1. The minimum Gasteiger partial charge on any atom is -0.383 e. The maximum absolute atomic E-state index is 13.0. The molecule has 2 amide bonds. The molecule has 0 saturated carbocycles. The van der Waals surface area contributed by atoms with E-state index in [1.807, 2.05) is 42.5 Å². The van der Waals surface area contributed by atoms with Crippen molar-refractivity contribution in [2.75, 3.05) is 25.3 Å². The Kier molecular flexibility index (Phi) is 4.40. The van der Waals surface area contributed by atoms with E-state index in [9.17, 15) is 9.59 Å². The van der Waals surface area contributed by atoms with Crippen molar-refractivity contribution >= 4 is 17.5 Å². The molecule has 134 valence electrons. The van der Waals surface area contributed by atoms with Crippen LogP contribution in [0.3, 0.4) is 0 Å². The largest absolute Gasteiger partial charge is 0.383 e. The van der Waals surface area contributed by atoms with Crippen LogP contribution in [0.15, 0.2) is 54.9 Å². The monoisotopic (exact) mass is 353 g/mol. The Morgan fingerprint density at radius 2 is 1.81 bits per heavy atom. The van der Waals surface area contributed by atoms with Crippen molar-refractivity contribution in [2.24, 2.45) is 5.92 Å². The summed E-state index contributed by atoms with van der Waals surface area (Å²) in [6.45, 7) is 0.540. The lowest BCUT2D eigenvalue weighted by atomic mass is 9.91. The van der Waals surface area contributed by atoms with Gasteiger partial charge in [0.2, 0.25) is 5.91 Å². The number of imide groups is 1. The number of fused-ring (bicyclic) bond motifs is 1. The Bertz CT molecular complexity index is 799. The molecule has 0 spiro atoms. The number of carbonyl (C=O) groups excluding carboxylic acids is 2. The van der Waals surface area contributed by atoms with Crippen LogP contribution in [0, 0.1) is 5.92 Å². The van der Waals surface area contributed by atoms with E-state index < -0.39 is 18.1 Å². The molecule has 7 heteroatoms. The molecule has 2 aliphatic rings. The summed E-state index contributed by atoms with van der Waals surface area (Å²) in [6.07, 6.45) is 2.53. The summed E-state index contributed by atoms with van der Waals surface area (Å²) >= 11 is 0. The number of nitrogens with zero attached hydrogens (tertiary/aromatic N) is 3. The number of hydrogen-bond acceptors (Lipinski definition) is 6. The Morgan fingerprint density at radius 1 is 1.08 bits per heavy atom. The zero-order valence-corrected chi connectivity index (χ0v) is 14.3. The molecule has 0 radical (unpaired) electrons. The molecule has 2 aliphatic heterocycles. The minimum atomic E-state index is -0.822. The molecule has 2 aromatic rings. The minimum absolute atomic E-state index is 0.225. The number of hydrogen-bond donors (Lipinski definition) is 0. The van der Waals surface area contributed by atoms with Gasteiger partial charge in [0.1, 0.15) is 5.92 Å². The molecule has 0 bridgehead atoms. The second kappa shape index (κ2) is 6.86. The standard InChI is InChI=1S/C19H19N3O4/c1-25-12-11-21-18(23)15-16(13-7-9-20-10-8-13)22(26-17(15)19(21)24)14-5-3-2-4-6-14/h2-10,15-17H,11-12H2,1H3/t15-,16+,17+/m0/s1. The molecule has 1 aromatic heterocycles. The highest BCUT2D eigenvalue weighted by Gasteiger charge is 2.59. The zero-order valence-electron chi connectivity index (χ0n) is 14.3. The number of anilines is 1. The van der Waals surface area contributed by atoms with E-state index in [0.29, 0.717) is 6.61 Å². The van der Waals surface area contributed by atoms with Crippen LogP contribution in [0.5, 0.6) is 0 Å². The van der Waals surface area contributed by atoms with E-state index in [0.717, 1.165) is 11.3 Å². The van der Waals surface area contributed by atoms with E-state index in [2.05, 4.69) is 4.98 Å². The lowest BCUT2D eigenvalue weighted by molar-refractivity contribution is -0.143. The normalized spacial score (nSPS) is 25.0. The van der Waals surface area contributed by atoms with E-state index in [4.69, 9.17) is 9.57 Å². The maximum atomic E-state index is 13.0. The van der Waals surface area contributed by atoms with Gasteiger partial charge in [0.05, 0.1) is 24.9 Å². The van der Waals surface area contributed by atoms with Crippen molar-refractivity contribution in [3.8, 4) is 0 Å². The second-order valence-electron chi connectivity index (χ2n) is 6.26. The molecule has 0 aliphatic carbocycles. The smallest absolute Gasteiger partial charge is 0.262 e. The number of benzene rings is 1. The SMILES string of the molecule is COCCN1C(=O)[C@H]2[C@@H](c3ccncc3)N(c3ccccc3)O[C@H]2C1=O. The van der Waals surface area contributed by atoms with Crippen LogP contribution in [0.1, 0.15) is 11.6 Å². The zero-order chi connectivity index (χ0) is 18.1. The van der Waals surface area contributed by atoms with Crippen molar-refractivity contribution in [1.82, 2.24) is 9.88 Å². The fourth-order valence-electron chi connectivity index (χ4n) is 3.57. The number of pyridine rings is 1. The van der Waals surface area contributed by atoms with Crippen molar-refractivity contribution in [3.63, 3.8) is 0 Å². The Balaban J connectivity index is 1.73. The van der Waals surface area contributed by atoms with Crippen LogP contribution in [-0.4, -0.2) is 48.1 Å². The fourth-order valence-corrected chi connectivity index (χ4v) is 3.57. The van der Waals surface area contributed by atoms with Gasteiger partial charge in [0.25, 0.3) is 5.91 Å². The molecule has 0 N–H and O–H groups in total. The number of rotatable bonds is 5. The lowest BCUT2D eigenvalue weighted by Crippen LogP contribution is -2.39. The highest BCUT2D eigenvalue weighted by atomic mass is 16.7. The molecule has 7 nitrogen and oxygen atoms in total. The predicted molar refractivity (Wildman–Crippen MR) is 92.9 cm³/mol. The summed E-state index contributed by atoms with van der Waals surface area (Å²) < 4.78 is 5.02. The van der Waals surface area contributed by atoms with Crippen LogP contribution in [0.25, 0.3) is 0 Å². The van der Waals surface area contributed by atoms with Gasteiger partial charge < -0.3 is 4.74 Å². The maximum Gasteiger partial charge on any atom is 0.262 e. The first-order valence-corrected chi connectivity index (χ1v) is 8.47. The molecule has 3 heterocycles. The van der Waals surface area contributed by atoms with Gasteiger partial charge in [-0.2, -0.15) is 0 Å². The van der Waals surface area contributed by atoms with Gasteiger partial charge in [-0.1, -0.05) is 18.2 Å². The third-order valence-electron chi connectivity index (χ3n) is 4.78. The Labute approximate surface area is 151 Å². The van der Waals surface area contributed by atoms with Crippen molar-refractivity contribution in [3.05, 3.63) is 60.4 Å². The van der Waals surface area contributed by atoms with Crippen LogP contribution in [0.4, 0.5) is 5.69 Å². The molecule has 3 atom stereocenters. The second-order valence-corrected chi connectivity index (χ2v) is 6.26. The van der Waals surface area contributed by atoms with Gasteiger partial charge in [0.15, 0.2) is 6.10 Å². The number of likely N-dealkylation sites (tertiary alicyclic amines) is 1. The first kappa shape index (κ1) is 16.7. The van der Waals surface area contributed by atoms with Crippen molar-refractivity contribution in [1.29, 1.82) is 0 Å². The number of carbonyl (C=O) groups is 2. The molecule has 0 unspecified atom stereocenters. The topological polar surface area (TPSA) is 72.0 Å². The number of methoxy groups -OCH3 is 1. The molecular formula is C19H19N3O4. The first-order chi connectivity index (χ1) is 12.7. The van der Waals surface area contributed by atoms with Gasteiger partial charge in [0, 0.05) is 19.5 Å². The molecule has 1 aromatic carbocycles. The summed E-state index contributed by atoms with van der Waals surface area (Å²) in [5.41, 5.74) is 1.68. The van der Waals surface area contributed by atoms with Gasteiger partial charge in [-0.25, -0.2) is 5.06 Å². The Hall–Kier alpha value is -2.77. The van der Waals surface area contributed by atoms with Gasteiger partial charge >= 0.3 is 0 Å². The highest BCUT2D eigenvalue weighted by molar-refractivity contribution is 6.07. The summed E-state index contributed by atoms with van der Waals surface area (Å²) in [7, 11) is 1.54. The van der Waals surface area contributed by atoms with Gasteiger partial charge in [-0.05, 0) is 29.8 Å². The summed E-state index contributed by atoms with van der Waals surface area (Å²) in [5.74, 6) is -1.13. The average Bonchev–Trinajstić information content (AvgIpc) is 3.19. The van der Waals surface area contributed by atoms with Crippen molar-refractivity contribution < 1.29 is 19.2 Å².